The van der Waals surface area contributed by atoms with Gasteiger partial charge in [0.05, 0.1) is 30.2 Å². The second-order valence-electron chi connectivity index (χ2n) is 6.83. The average Bonchev–Trinajstić information content (AvgIpc) is 3.22. The fourth-order valence-corrected chi connectivity index (χ4v) is 3.05. The Balaban J connectivity index is 1.71. The van der Waals surface area contributed by atoms with E-state index < -0.39 is 18.5 Å². The summed E-state index contributed by atoms with van der Waals surface area (Å²) in [6.45, 7) is 7.99. The lowest BCUT2D eigenvalue weighted by Gasteiger charge is -2.14. The van der Waals surface area contributed by atoms with Crippen molar-refractivity contribution in [2.75, 3.05) is 25.1 Å². The van der Waals surface area contributed by atoms with E-state index in [-0.39, 0.29) is 11.5 Å². The van der Waals surface area contributed by atoms with Crippen molar-refractivity contribution in [1.29, 1.82) is 0 Å². The Morgan fingerprint density at radius 3 is 2.61 bits per heavy atom. The second-order valence-corrected chi connectivity index (χ2v) is 6.83. The number of esters is 1. The third-order valence-electron chi connectivity index (χ3n) is 4.28. The molecule has 10 heteroatoms. The van der Waals surface area contributed by atoms with Crippen molar-refractivity contribution >= 4 is 23.3 Å². The molecule has 0 bridgehead atoms. The molecule has 2 aromatic heterocycles. The van der Waals surface area contributed by atoms with Gasteiger partial charge < -0.3 is 19.5 Å². The summed E-state index contributed by atoms with van der Waals surface area (Å²) in [5.74, 6) is 0.246. The Labute approximate surface area is 179 Å². The number of carbonyl (C=O) groups excluding carboxylic acids is 2. The molecular formula is C21H25N5O5. The van der Waals surface area contributed by atoms with Crippen molar-refractivity contribution in [1.82, 2.24) is 19.6 Å². The zero-order chi connectivity index (χ0) is 22.4. The molecule has 31 heavy (non-hydrogen) atoms. The normalized spacial score (nSPS) is 10.9. The molecule has 3 rings (SSSR count). The van der Waals surface area contributed by atoms with Gasteiger partial charge in [-0.3, -0.25) is 4.79 Å². The number of fused-ring (bicyclic) bond motifs is 1. The number of anilines is 1. The van der Waals surface area contributed by atoms with Crippen molar-refractivity contribution in [3.05, 3.63) is 42.0 Å². The van der Waals surface area contributed by atoms with Gasteiger partial charge in [0, 0.05) is 12.3 Å². The minimum Gasteiger partial charge on any atom is -0.494 e. The summed E-state index contributed by atoms with van der Waals surface area (Å²) in [4.78, 5) is 33.2. The van der Waals surface area contributed by atoms with Gasteiger partial charge in [-0.25, -0.2) is 14.3 Å². The fourth-order valence-electron chi connectivity index (χ4n) is 3.05. The van der Waals surface area contributed by atoms with Crippen molar-refractivity contribution in [3.8, 4) is 11.5 Å². The minimum absolute atomic E-state index is 0.0429. The van der Waals surface area contributed by atoms with Crippen LogP contribution < -0.4 is 14.8 Å². The molecule has 0 aliphatic heterocycles. The molecule has 10 nitrogen and oxygen atoms in total. The van der Waals surface area contributed by atoms with Crippen LogP contribution in [0.5, 0.6) is 11.5 Å². The summed E-state index contributed by atoms with van der Waals surface area (Å²) in [6.07, 6.45) is 2.75. The lowest BCUT2D eigenvalue weighted by atomic mass is 10.1. The predicted octanol–water partition coefficient (Wildman–Crippen LogP) is 2.84. The lowest BCUT2D eigenvalue weighted by Crippen LogP contribution is -2.23. The highest BCUT2D eigenvalue weighted by molar-refractivity contribution is 5.97. The van der Waals surface area contributed by atoms with E-state index in [1.54, 1.807) is 18.2 Å². The van der Waals surface area contributed by atoms with Gasteiger partial charge in [-0.05, 0) is 31.9 Å². The highest BCUT2D eigenvalue weighted by atomic mass is 16.5. The molecule has 0 fully saturated rings. The van der Waals surface area contributed by atoms with Crippen LogP contribution in [-0.2, 0) is 9.53 Å². The van der Waals surface area contributed by atoms with Crippen LogP contribution in [0, 0.1) is 0 Å². The van der Waals surface area contributed by atoms with E-state index in [9.17, 15) is 9.59 Å². The number of hydrogen-bond acceptors (Lipinski definition) is 8. The van der Waals surface area contributed by atoms with E-state index >= 15 is 0 Å². The van der Waals surface area contributed by atoms with Gasteiger partial charge in [0.15, 0.2) is 6.61 Å². The fraction of sp³-hybridized carbons (Fsp3) is 0.381. The van der Waals surface area contributed by atoms with E-state index in [2.05, 4.69) is 20.4 Å². The van der Waals surface area contributed by atoms with E-state index in [0.29, 0.717) is 41.9 Å². The number of ether oxygens (including phenoxy) is 3. The number of benzene rings is 1. The minimum atomic E-state index is -0.670. The Morgan fingerprint density at radius 2 is 1.90 bits per heavy atom. The van der Waals surface area contributed by atoms with Crippen molar-refractivity contribution in [2.45, 2.75) is 33.6 Å². The standard InChI is InChI=1S/C21H25N5O5/c1-5-29-14-7-8-17(30-6-2)16(9-14)25-18(27)11-31-20(28)15-10-22-21-23-12-24-26(21)19(15)13(3)4/h7-10,12-13H,5-6,11H2,1-4H3,(H,25,27). The second kappa shape index (κ2) is 9.88. The Bertz CT molecular complexity index is 1080. The van der Waals surface area contributed by atoms with E-state index in [0.717, 1.165) is 0 Å². The maximum atomic E-state index is 12.7. The molecule has 164 valence electrons. The van der Waals surface area contributed by atoms with Crippen molar-refractivity contribution in [3.63, 3.8) is 0 Å². The predicted molar refractivity (Wildman–Crippen MR) is 113 cm³/mol. The lowest BCUT2D eigenvalue weighted by molar-refractivity contribution is -0.119. The Morgan fingerprint density at radius 1 is 1.13 bits per heavy atom. The molecule has 0 aliphatic carbocycles. The van der Waals surface area contributed by atoms with Crippen molar-refractivity contribution in [2.24, 2.45) is 0 Å². The molecule has 0 atom stereocenters. The Hall–Kier alpha value is -3.69. The van der Waals surface area contributed by atoms with Crippen LogP contribution in [0.3, 0.4) is 0 Å². The summed E-state index contributed by atoms with van der Waals surface area (Å²) in [7, 11) is 0. The molecule has 0 saturated heterocycles. The first-order valence-corrected chi connectivity index (χ1v) is 9.99. The summed E-state index contributed by atoms with van der Waals surface area (Å²) < 4.78 is 17.7. The molecule has 0 radical (unpaired) electrons. The SMILES string of the molecule is CCOc1ccc(OCC)c(NC(=O)COC(=O)c2cnc3ncnn3c2C(C)C)c1. The Kier molecular flexibility index (Phi) is 7.01. The van der Waals surface area contributed by atoms with Gasteiger partial charge in [0.2, 0.25) is 0 Å². The topological polar surface area (TPSA) is 117 Å². The van der Waals surface area contributed by atoms with E-state index in [1.165, 1.54) is 17.0 Å². The first-order valence-electron chi connectivity index (χ1n) is 9.99. The zero-order valence-electron chi connectivity index (χ0n) is 17.9. The highest BCUT2D eigenvalue weighted by Crippen LogP contribution is 2.29. The number of nitrogens with zero attached hydrogens (tertiary/aromatic N) is 4. The van der Waals surface area contributed by atoms with E-state index in [4.69, 9.17) is 14.2 Å². The van der Waals surface area contributed by atoms with Crippen molar-refractivity contribution < 1.29 is 23.8 Å². The molecule has 0 unspecified atom stereocenters. The zero-order valence-corrected chi connectivity index (χ0v) is 17.9. The molecule has 2 heterocycles. The van der Waals surface area contributed by atoms with Crippen LogP contribution >= 0.6 is 0 Å². The van der Waals surface area contributed by atoms with E-state index in [1.807, 2.05) is 27.7 Å². The van der Waals surface area contributed by atoms with Gasteiger partial charge in [-0.15, -0.1) is 0 Å². The number of rotatable bonds is 9. The molecular weight excluding hydrogens is 402 g/mol. The number of amides is 1. The summed E-state index contributed by atoms with van der Waals surface area (Å²) in [5.41, 5.74) is 1.27. The summed E-state index contributed by atoms with van der Waals surface area (Å²) in [5, 5.41) is 6.81. The third-order valence-corrected chi connectivity index (χ3v) is 4.28. The largest absolute Gasteiger partial charge is 0.494 e. The quantitative estimate of drug-likeness (QED) is 0.518. The average molecular weight is 427 g/mol. The van der Waals surface area contributed by atoms with Crippen LogP contribution in [0.4, 0.5) is 5.69 Å². The van der Waals surface area contributed by atoms with Crippen LogP contribution in [0.2, 0.25) is 0 Å². The maximum Gasteiger partial charge on any atom is 0.342 e. The molecule has 0 spiro atoms. The van der Waals surface area contributed by atoms with Crippen LogP contribution in [0.15, 0.2) is 30.7 Å². The monoisotopic (exact) mass is 427 g/mol. The number of carbonyl (C=O) groups is 2. The molecule has 1 aromatic carbocycles. The number of aromatic nitrogens is 4. The highest BCUT2D eigenvalue weighted by Gasteiger charge is 2.21. The molecule has 0 aliphatic rings. The van der Waals surface area contributed by atoms with Gasteiger partial charge in [-0.1, -0.05) is 13.8 Å². The first kappa shape index (κ1) is 22.0. The first-order chi connectivity index (χ1) is 14.9. The summed E-state index contributed by atoms with van der Waals surface area (Å²) >= 11 is 0. The maximum absolute atomic E-state index is 12.7. The third kappa shape index (κ3) is 5.08. The molecule has 0 saturated carbocycles. The number of hydrogen-bond donors (Lipinski definition) is 1. The van der Waals surface area contributed by atoms with Gasteiger partial charge >= 0.3 is 5.97 Å². The van der Waals surface area contributed by atoms with Crippen LogP contribution in [0.1, 0.15) is 49.7 Å². The van der Waals surface area contributed by atoms with Crippen LogP contribution in [0.25, 0.3) is 5.78 Å². The summed E-state index contributed by atoms with van der Waals surface area (Å²) in [6, 6.07) is 5.13. The van der Waals surface area contributed by atoms with Gasteiger partial charge in [-0.2, -0.15) is 10.1 Å². The van der Waals surface area contributed by atoms with Gasteiger partial charge in [0.25, 0.3) is 11.7 Å². The number of nitrogens with one attached hydrogen (secondary N) is 1. The molecule has 3 aromatic rings. The molecule has 1 amide bonds. The van der Waals surface area contributed by atoms with Crippen LogP contribution in [-0.4, -0.2) is 51.3 Å². The van der Waals surface area contributed by atoms with Gasteiger partial charge in [0.1, 0.15) is 17.8 Å². The molecule has 1 N–H and O–H groups in total. The smallest absolute Gasteiger partial charge is 0.342 e.